The maximum absolute atomic E-state index is 12.8. The fourth-order valence-corrected chi connectivity index (χ4v) is 4.70. The van der Waals surface area contributed by atoms with E-state index in [1.54, 1.807) is 31.2 Å². The zero-order valence-corrected chi connectivity index (χ0v) is 19.9. The van der Waals surface area contributed by atoms with Crippen LogP contribution in [-0.4, -0.2) is 45.5 Å². The van der Waals surface area contributed by atoms with Gasteiger partial charge in [-0.2, -0.15) is 0 Å². The molecule has 1 atom stereocenters. The highest BCUT2D eigenvalue weighted by molar-refractivity contribution is 7.89. The summed E-state index contributed by atoms with van der Waals surface area (Å²) in [7, 11) is -3.84. The van der Waals surface area contributed by atoms with Crippen LogP contribution in [0.1, 0.15) is 21.5 Å². The summed E-state index contributed by atoms with van der Waals surface area (Å²) in [5, 5.41) is 12.8. The van der Waals surface area contributed by atoms with Crippen molar-refractivity contribution >= 4 is 15.9 Å². The highest BCUT2D eigenvalue weighted by Gasteiger charge is 2.20. The number of aryl methyl sites for hydroxylation is 1. The molecule has 1 aliphatic heterocycles. The van der Waals surface area contributed by atoms with E-state index in [-0.39, 0.29) is 36.9 Å². The molecule has 1 aliphatic rings. The molecule has 0 aromatic heterocycles. The minimum atomic E-state index is -3.84. The Balaban J connectivity index is 1.32. The largest absolute Gasteiger partial charge is 0.491 e. The number of nitrogens with one attached hydrogen (secondary N) is 2. The van der Waals surface area contributed by atoms with E-state index in [0.717, 1.165) is 5.56 Å². The molecule has 10 heteroatoms. The van der Waals surface area contributed by atoms with Gasteiger partial charge >= 0.3 is 0 Å². The number of amides is 1. The predicted molar refractivity (Wildman–Crippen MR) is 128 cm³/mol. The third-order valence-electron chi connectivity index (χ3n) is 5.33. The van der Waals surface area contributed by atoms with Gasteiger partial charge in [0.2, 0.25) is 16.8 Å². The lowest BCUT2D eigenvalue weighted by Crippen LogP contribution is -2.35. The summed E-state index contributed by atoms with van der Waals surface area (Å²) >= 11 is 0. The maximum Gasteiger partial charge on any atom is 0.251 e. The van der Waals surface area contributed by atoms with Crippen molar-refractivity contribution in [2.24, 2.45) is 0 Å². The number of benzene rings is 3. The molecule has 3 aromatic carbocycles. The Bertz CT molecular complexity index is 1300. The van der Waals surface area contributed by atoms with Gasteiger partial charge in [0, 0.05) is 24.7 Å². The molecule has 3 N–H and O–H groups in total. The molecule has 1 unspecified atom stereocenters. The molecule has 0 bridgehead atoms. The fraction of sp³-hybridized carbons (Fsp3) is 0.240. The Hall–Kier alpha value is -3.60. The van der Waals surface area contributed by atoms with E-state index in [4.69, 9.17) is 14.2 Å². The molecule has 1 heterocycles. The van der Waals surface area contributed by atoms with Crippen molar-refractivity contribution < 1.29 is 32.5 Å². The Kier molecular flexibility index (Phi) is 7.54. The van der Waals surface area contributed by atoms with Crippen LogP contribution in [0.4, 0.5) is 0 Å². The van der Waals surface area contributed by atoms with E-state index in [9.17, 15) is 18.3 Å². The Morgan fingerprint density at radius 1 is 1.06 bits per heavy atom. The summed E-state index contributed by atoms with van der Waals surface area (Å²) in [4.78, 5) is 12.6. The van der Waals surface area contributed by atoms with E-state index in [1.807, 2.05) is 30.3 Å². The molecule has 35 heavy (non-hydrogen) atoms. The van der Waals surface area contributed by atoms with Gasteiger partial charge in [0.25, 0.3) is 5.91 Å². The number of sulfonamides is 1. The highest BCUT2D eigenvalue weighted by atomic mass is 32.2. The lowest BCUT2D eigenvalue weighted by atomic mass is 10.1. The normalized spacial score (nSPS) is 13.3. The molecule has 9 nitrogen and oxygen atoms in total. The molecule has 0 aliphatic carbocycles. The zero-order chi connectivity index (χ0) is 24.8. The third-order valence-corrected chi connectivity index (χ3v) is 6.88. The van der Waals surface area contributed by atoms with Crippen LogP contribution in [0.5, 0.6) is 17.2 Å². The number of ether oxygens (including phenoxy) is 3. The molecule has 0 spiro atoms. The number of hydrogen-bond acceptors (Lipinski definition) is 7. The second-order valence-electron chi connectivity index (χ2n) is 7.98. The van der Waals surface area contributed by atoms with Crippen molar-refractivity contribution in [1.29, 1.82) is 0 Å². The van der Waals surface area contributed by atoms with Crippen molar-refractivity contribution in [3.63, 3.8) is 0 Å². The topological polar surface area (TPSA) is 123 Å². The number of carbonyl (C=O) groups excluding carboxylic acids is 1. The van der Waals surface area contributed by atoms with Crippen LogP contribution in [0.2, 0.25) is 0 Å². The average molecular weight is 499 g/mol. The summed E-state index contributed by atoms with van der Waals surface area (Å²) < 4.78 is 44.3. The lowest BCUT2D eigenvalue weighted by molar-refractivity contribution is 0.0843. The minimum absolute atomic E-state index is 0.0211. The first kappa shape index (κ1) is 24.5. The van der Waals surface area contributed by atoms with Crippen molar-refractivity contribution in [3.05, 3.63) is 83.4 Å². The molecule has 3 aromatic rings. The van der Waals surface area contributed by atoms with Gasteiger partial charge in [-0.1, -0.05) is 36.4 Å². The van der Waals surface area contributed by atoms with Crippen molar-refractivity contribution in [2.75, 3.05) is 19.9 Å². The van der Waals surface area contributed by atoms with Gasteiger partial charge < -0.3 is 24.6 Å². The zero-order valence-electron chi connectivity index (χ0n) is 19.1. The molecular formula is C25H26N2O7S. The van der Waals surface area contributed by atoms with Crippen molar-refractivity contribution in [2.45, 2.75) is 24.5 Å². The van der Waals surface area contributed by atoms with Crippen LogP contribution in [0.3, 0.4) is 0 Å². The van der Waals surface area contributed by atoms with Crippen LogP contribution in [-0.2, 0) is 16.6 Å². The van der Waals surface area contributed by atoms with E-state index in [2.05, 4.69) is 10.0 Å². The number of aliphatic hydroxyl groups is 1. The quantitative estimate of drug-likeness (QED) is 0.392. The smallest absolute Gasteiger partial charge is 0.251 e. The molecule has 0 saturated heterocycles. The summed E-state index contributed by atoms with van der Waals surface area (Å²) in [6, 6.07) is 18.7. The van der Waals surface area contributed by atoms with Gasteiger partial charge in [-0.3, -0.25) is 4.79 Å². The first-order valence-corrected chi connectivity index (χ1v) is 12.4. The van der Waals surface area contributed by atoms with Gasteiger partial charge in [-0.15, -0.1) is 0 Å². The van der Waals surface area contributed by atoms with Gasteiger partial charge in [0.15, 0.2) is 11.5 Å². The average Bonchev–Trinajstić information content (AvgIpc) is 3.33. The lowest BCUT2D eigenvalue weighted by Gasteiger charge is -2.14. The summed E-state index contributed by atoms with van der Waals surface area (Å²) in [5.74, 6) is 1.18. The maximum atomic E-state index is 12.8. The SMILES string of the molecule is Cc1ccc(C(=O)NCC(O)COc2ccc3c(c2)OCO3)cc1S(=O)(=O)NCc1ccccc1. The number of hydrogen-bond donors (Lipinski definition) is 3. The van der Waals surface area contributed by atoms with Crippen LogP contribution < -0.4 is 24.2 Å². The summed E-state index contributed by atoms with van der Waals surface area (Å²) in [5.41, 5.74) is 1.50. The van der Waals surface area contributed by atoms with Gasteiger partial charge in [0.1, 0.15) is 18.5 Å². The Morgan fingerprint density at radius 2 is 1.83 bits per heavy atom. The Morgan fingerprint density at radius 3 is 2.63 bits per heavy atom. The minimum Gasteiger partial charge on any atom is -0.491 e. The third kappa shape index (κ3) is 6.30. The van der Waals surface area contributed by atoms with Crippen LogP contribution in [0.25, 0.3) is 0 Å². The second kappa shape index (κ2) is 10.8. The predicted octanol–water partition coefficient (Wildman–Crippen LogP) is 2.37. The van der Waals surface area contributed by atoms with E-state index in [0.29, 0.717) is 22.8 Å². The van der Waals surface area contributed by atoms with Crippen LogP contribution in [0, 0.1) is 6.92 Å². The molecule has 0 radical (unpaired) electrons. The van der Waals surface area contributed by atoms with Crippen LogP contribution >= 0.6 is 0 Å². The first-order valence-electron chi connectivity index (χ1n) is 10.9. The van der Waals surface area contributed by atoms with E-state index < -0.39 is 22.0 Å². The number of fused-ring (bicyclic) bond motifs is 1. The molecule has 0 fully saturated rings. The van der Waals surface area contributed by atoms with Crippen molar-refractivity contribution in [1.82, 2.24) is 10.0 Å². The van der Waals surface area contributed by atoms with Gasteiger partial charge in [-0.05, 0) is 42.3 Å². The number of carbonyl (C=O) groups is 1. The van der Waals surface area contributed by atoms with Gasteiger partial charge in [-0.25, -0.2) is 13.1 Å². The molecule has 184 valence electrons. The molecule has 4 rings (SSSR count). The molecular weight excluding hydrogens is 472 g/mol. The molecule has 0 saturated carbocycles. The number of aliphatic hydroxyl groups excluding tert-OH is 1. The van der Waals surface area contributed by atoms with Crippen LogP contribution in [0.15, 0.2) is 71.6 Å². The van der Waals surface area contributed by atoms with Gasteiger partial charge in [0.05, 0.1) is 4.90 Å². The van der Waals surface area contributed by atoms with Crippen molar-refractivity contribution in [3.8, 4) is 17.2 Å². The fourth-order valence-electron chi connectivity index (χ4n) is 3.41. The number of rotatable bonds is 10. The molecule has 1 amide bonds. The monoisotopic (exact) mass is 498 g/mol. The standard InChI is InChI=1S/C25H26N2O7S/c1-17-7-8-19(11-24(17)35(30,31)27-13-18-5-3-2-4-6-18)25(29)26-14-20(28)15-32-21-9-10-22-23(12-21)34-16-33-22/h2-12,20,27-28H,13-16H2,1H3,(H,26,29). The second-order valence-corrected chi connectivity index (χ2v) is 9.72. The van der Waals surface area contributed by atoms with E-state index >= 15 is 0 Å². The highest BCUT2D eigenvalue weighted by Crippen LogP contribution is 2.35. The Labute approximate surface area is 203 Å². The summed E-state index contributed by atoms with van der Waals surface area (Å²) in [6.07, 6.45) is -0.981. The first-order chi connectivity index (χ1) is 16.8. The van der Waals surface area contributed by atoms with E-state index in [1.165, 1.54) is 12.1 Å². The summed E-state index contributed by atoms with van der Waals surface area (Å²) in [6.45, 7) is 1.81.